The highest BCUT2D eigenvalue weighted by atomic mass is 35.8. The molecule has 0 aromatic rings. The lowest BCUT2D eigenvalue weighted by Crippen LogP contribution is -2.08. The van der Waals surface area contributed by atoms with Crippen molar-refractivity contribution in [2.24, 2.45) is 0 Å². The molecule has 0 radical (unpaired) electrons. The van der Waals surface area contributed by atoms with Crippen LogP contribution < -0.4 is 0 Å². The Hall–Kier alpha value is 1.41. The van der Waals surface area contributed by atoms with Crippen molar-refractivity contribution < 1.29 is 0 Å². The van der Waals surface area contributed by atoms with Crippen molar-refractivity contribution in [3.05, 3.63) is 10.2 Å². The van der Waals surface area contributed by atoms with Crippen LogP contribution in [0.1, 0.15) is 0 Å². The molecular weight excluding hydrogens is 229 g/mol. The minimum atomic E-state index is -2.85. The summed E-state index contributed by atoms with van der Waals surface area (Å²) in [6.45, 7) is 0. The fourth-order valence-corrected chi connectivity index (χ4v) is 1.67. The highest BCUT2D eigenvalue weighted by Crippen LogP contribution is 2.31. The summed E-state index contributed by atoms with van der Waals surface area (Å²) in [6.07, 6.45) is 0. The summed E-state index contributed by atoms with van der Waals surface area (Å²) in [6, 6.07) is -2.85. The molecule has 0 aromatic heterocycles. The smallest absolute Gasteiger partial charge is 0.120 e. The van der Waals surface area contributed by atoms with E-state index in [0.717, 1.165) is 5.54 Å². The fourth-order valence-electron chi connectivity index (χ4n) is 0.0619. The Balaban J connectivity index is 4.03. The Bertz CT molecular complexity index is 101. The van der Waals surface area contributed by atoms with Crippen molar-refractivity contribution in [2.45, 2.75) is 0 Å². The van der Waals surface area contributed by atoms with Crippen molar-refractivity contribution >= 4 is 62.4 Å². The summed E-state index contributed by atoms with van der Waals surface area (Å²) in [7, 11) is 0. The molecule has 0 atom stereocenters. The van der Waals surface area contributed by atoms with Gasteiger partial charge in [-0.2, -0.15) is 0 Å². The van der Waals surface area contributed by atoms with Gasteiger partial charge in [0.05, 0.1) is 4.66 Å². The average molecular weight is 230 g/mol. The van der Waals surface area contributed by atoms with Crippen LogP contribution >= 0.6 is 56.4 Å². The second-order valence-electron chi connectivity index (χ2n) is 0.955. The SMILES string of the molecule is ClC=C(Cl)[Si](Cl)(Cl)Cl. The molecule has 0 spiro atoms. The molecule has 0 saturated heterocycles. The van der Waals surface area contributed by atoms with Crippen LogP contribution in [0.5, 0.6) is 0 Å². The maximum absolute atomic E-state index is 5.37. The van der Waals surface area contributed by atoms with Gasteiger partial charge in [0.15, 0.2) is 0 Å². The van der Waals surface area contributed by atoms with Crippen molar-refractivity contribution in [3.63, 3.8) is 0 Å². The summed E-state index contributed by atoms with van der Waals surface area (Å²) < 4.78 is 0.129. The standard InChI is InChI=1S/C2HCl5Si/c3-1-2(4)8(5,6)7/h1H. The summed E-state index contributed by atoms with van der Waals surface area (Å²) in [5.74, 6) is 0. The zero-order chi connectivity index (χ0) is 6.78. The fraction of sp³-hybridized carbons (Fsp3) is 0. The predicted molar refractivity (Wildman–Crippen MR) is 43.1 cm³/mol. The molecular formula is C2HCl5Si. The van der Waals surface area contributed by atoms with Crippen LogP contribution in [-0.4, -0.2) is 6.00 Å². The zero-order valence-corrected chi connectivity index (χ0v) is 8.25. The van der Waals surface area contributed by atoms with Gasteiger partial charge in [-0.25, -0.2) is 0 Å². The van der Waals surface area contributed by atoms with Gasteiger partial charge in [0.1, 0.15) is 0 Å². The Morgan fingerprint density at radius 2 is 1.62 bits per heavy atom. The lowest BCUT2D eigenvalue weighted by molar-refractivity contribution is 2.31. The molecule has 8 heavy (non-hydrogen) atoms. The zero-order valence-electron chi connectivity index (χ0n) is 3.47. The largest absolute Gasteiger partial charge is 0.385 e. The third-order valence-corrected chi connectivity index (χ3v) is 5.23. The maximum Gasteiger partial charge on any atom is 0.385 e. The van der Waals surface area contributed by atoms with Gasteiger partial charge in [-0.3, -0.25) is 0 Å². The van der Waals surface area contributed by atoms with Crippen LogP contribution in [-0.2, 0) is 0 Å². The molecule has 0 aliphatic heterocycles. The first-order chi connectivity index (χ1) is 3.48. The normalized spacial score (nSPS) is 14.4. The molecule has 0 rings (SSSR count). The Morgan fingerprint density at radius 1 is 1.25 bits per heavy atom. The summed E-state index contributed by atoms with van der Waals surface area (Å²) in [5, 5.41) is 0. The van der Waals surface area contributed by atoms with Gasteiger partial charge in [0.2, 0.25) is 0 Å². The summed E-state index contributed by atoms with van der Waals surface area (Å²) in [5.41, 5.74) is 1.07. The van der Waals surface area contributed by atoms with Crippen LogP contribution in [0.3, 0.4) is 0 Å². The summed E-state index contributed by atoms with van der Waals surface area (Å²) in [4.78, 5) is 0. The summed E-state index contributed by atoms with van der Waals surface area (Å²) >= 11 is 26.6. The van der Waals surface area contributed by atoms with E-state index in [2.05, 4.69) is 0 Å². The molecule has 0 unspecified atom stereocenters. The molecule has 0 aliphatic rings. The molecule has 0 heterocycles. The third-order valence-electron chi connectivity index (χ3n) is 0.367. The first-order valence-electron chi connectivity index (χ1n) is 1.51. The Morgan fingerprint density at radius 3 is 1.62 bits per heavy atom. The second kappa shape index (κ2) is 3.54. The molecule has 0 aromatic carbocycles. The van der Waals surface area contributed by atoms with Crippen molar-refractivity contribution in [2.75, 3.05) is 0 Å². The first kappa shape index (κ1) is 9.41. The molecule has 0 saturated carbocycles. The van der Waals surface area contributed by atoms with Gasteiger partial charge < -0.3 is 0 Å². The Labute approximate surface area is 72.4 Å². The van der Waals surface area contributed by atoms with E-state index in [1.54, 1.807) is 0 Å². The van der Waals surface area contributed by atoms with Crippen molar-refractivity contribution in [1.82, 2.24) is 0 Å². The number of halogens is 5. The lowest BCUT2D eigenvalue weighted by atomic mass is 11.2. The van der Waals surface area contributed by atoms with Gasteiger partial charge in [0, 0.05) is 5.54 Å². The number of rotatable bonds is 1. The van der Waals surface area contributed by atoms with Crippen LogP contribution in [0, 0.1) is 0 Å². The van der Waals surface area contributed by atoms with Gasteiger partial charge in [-0.1, -0.05) is 23.2 Å². The minimum Gasteiger partial charge on any atom is -0.120 e. The monoisotopic (exact) mass is 228 g/mol. The molecule has 0 aliphatic carbocycles. The quantitative estimate of drug-likeness (QED) is 0.478. The molecule has 0 fully saturated rings. The molecule has 48 valence electrons. The third kappa shape index (κ3) is 3.44. The van der Waals surface area contributed by atoms with E-state index in [4.69, 9.17) is 56.4 Å². The van der Waals surface area contributed by atoms with Gasteiger partial charge in [-0.15, -0.1) is 33.2 Å². The van der Waals surface area contributed by atoms with E-state index in [-0.39, 0.29) is 4.66 Å². The van der Waals surface area contributed by atoms with Crippen molar-refractivity contribution in [1.29, 1.82) is 0 Å². The van der Waals surface area contributed by atoms with E-state index in [1.165, 1.54) is 0 Å². The first-order valence-corrected chi connectivity index (χ1v) is 7.36. The van der Waals surface area contributed by atoms with Gasteiger partial charge in [0.25, 0.3) is 0 Å². The number of hydrogen-bond donors (Lipinski definition) is 0. The second-order valence-corrected chi connectivity index (χ2v) is 10.3. The molecule has 0 nitrogen and oxygen atoms in total. The highest BCUT2D eigenvalue weighted by Gasteiger charge is 2.29. The van der Waals surface area contributed by atoms with E-state index in [0.29, 0.717) is 0 Å². The van der Waals surface area contributed by atoms with Gasteiger partial charge in [-0.05, 0) is 0 Å². The molecule has 6 heteroatoms. The van der Waals surface area contributed by atoms with E-state index in [1.807, 2.05) is 0 Å². The molecule has 0 bridgehead atoms. The predicted octanol–water partition coefficient (Wildman–Crippen LogP) is 3.50. The Kier molecular flexibility index (Phi) is 4.17. The van der Waals surface area contributed by atoms with Crippen LogP contribution in [0.2, 0.25) is 0 Å². The number of hydrogen-bond acceptors (Lipinski definition) is 0. The minimum absolute atomic E-state index is 0.129. The van der Waals surface area contributed by atoms with Crippen molar-refractivity contribution in [3.8, 4) is 0 Å². The molecule has 0 N–H and O–H groups in total. The van der Waals surface area contributed by atoms with E-state index < -0.39 is 6.00 Å². The average Bonchev–Trinajstić information content (AvgIpc) is 1.62. The van der Waals surface area contributed by atoms with Crippen LogP contribution in [0.4, 0.5) is 0 Å². The molecule has 0 amide bonds. The van der Waals surface area contributed by atoms with E-state index >= 15 is 0 Å². The van der Waals surface area contributed by atoms with Crippen LogP contribution in [0.25, 0.3) is 0 Å². The van der Waals surface area contributed by atoms with Crippen LogP contribution in [0.15, 0.2) is 10.2 Å². The van der Waals surface area contributed by atoms with E-state index in [9.17, 15) is 0 Å². The topological polar surface area (TPSA) is 0 Å². The maximum atomic E-state index is 5.37. The van der Waals surface area contributed by atoms with Gasteiger partial charge >= 0.3 is 6.00 Å². The lowest BCUT2D eigenvalue weighted by Gasteiger charge is -2.01. The highest BCUT2D eigenvalue weighted by molar-refractivity contribution is 7.68.